The first kappa shape index (κ1) is 25.0. The highest BCUT2D eigenvalue weighted by atomic mass is 16.8. The highest BCUT2D eigenvalue weighted by Crippen LogP contribution is 2.32. The van der Waals surface area contributed by atoms with Crippen molar-refractivity contribution in [3.8, 4) is 0 Å². The second-order valence-electron chi connectivity index (χ2n) is 9.57. The molecule has 2 heterocycles. The standard InChI is InChI=1S/C29H33N3O5/c1-19-22(24-6-2-3-7-25(24)30-19)15-17-36-29(34)31-26-13-11-21-18-20(9-12-23(21)26)10-14-27(33)32-37-28-8-4-5-16-35-28/h2-3,6-7,9-10,12,14,18,26,28,30H,4-5,8,11,13,15-17H2,1H3,(H,31,34)(H,32,33)/b14-10+. The second kappa shape index (κ2) is 11.6. The molecule has 37 heavy (non-hydrogen) atoms. The van der Waals surface area contributed by atoms with Crippen LogP contribution in [-0.2, 0) is 31.9 Å². The van der Waals surface area contributed by atoms with Gasteiger partial charge in [-0.15, -0.1) is 0 Å². The van der Waals surface area contributed by atoms with E-state index in [4.69, 9.17) is 14.3 Å². The maximum absolute atomic E-state index is 12.5. The Hall–Kier alpha value is -3.62. The number of aromatic amines is 1. The average Bonchev–Trinajstić information content (AvgIpc) is 3.46. The number of fused-ring (bicyclic) bond motifs is 2. The van der Waals surface area contributed by atoms with Gasteiger partial charge in [0.25, 0.3) is 5.91 Å². The van der Waals surface area contributed by atoms with E-state index >= 15 is 0 Å². The minimum Gasteiger partial charge on any atom is -0.449 e. The van der Waals surface area contributed by atoms with Crippen LogP contribution in [0.25, 0.3) is 17.0 Å². The van der Waals surface area contributed by atoms with Gasteiger partial charge in [-0.2, -0.15) is 0 Å². The molecule has 1 aliphatic carbocycles. The highest BCUT2D eigenvalue weighted by Gasteiger charge is 2.24. The fourth-order valence-corrected chi connectivity index (χ4v) is 5.11. The zero-order valence-electron chi connectivity index (χ0n) is 21.0. The lowest BCUT2D eigenvalue weighted by Crippen LogP contribution is -2.32. The van der Waals surface area contributed by atoms with Gasteiger partial charge in [-0.1, -0.05) is 36.4 Å². The molecule has 1 aromatic heterocycles. The Kier molecular flexibility index (Phi) is 7.87. The van der Waals surface area contributed by atoms with Crippen LogP contribution in [0, 0.1) is 6.92 Å². The molecule has 1 fully saturated rings. The van der Waals surface area contributed by atoms with E-state index in [1.807, 2.05) is 31.2 Å². The number of aryl methyl sites for hydroxylation is 2. The predicted octanol–water partition coefficient (Wildman–Crippen LogP) is 5.02. The number of para-hydroxylation sites is 1. The first-order chi connectivity index (χ1) is 18.1. The number of hydroxylamine groups is 1. The molecular weight excluding hydrogens is 470 g/mol. The number of rotatable bonds is 8. The molecule has 8 nitrogen and oxygen atoms in total. The molecule has 194 valence electrons. The van der Waals surface area contributed by atoms with Gasteiger partial charge in [0.05, 0.1) is 12.6 Å². The van der Waals surface area contributed by atoms with Crippen LogP contribution in [0.2, 0.25) is 0 Å². The SMILES string of the molecule is Cc1[nH]c2ccccc2c1CCOC(=O)NC1CCc2cc(/C=C/C(=O)NOC3CCCCO3)ccc21. The summed E-state index contributed by atoms with van der Waals surface area (Å²) < 4.78 is 10.9. The number of ether oxygens (including phenoxy) is 2. The molecule has 8 heteroatoms. The Bertz CT molecular complexity index is 1290. The van der Waals surface area contributed by atoms with Crippen LogP contribution in [0.3, 0.4) is 0 Å². The molecule has 3 N–H and O–H groups in total. The maximum Gasteiger partial charge on any atom is 0.407 e. The summed E-state index contributed by atoms with van der Waals surface area (Å²) in [6.45, 7) is 3.02. The summed E-state index contributed by atoms with van der Waals surface area (Å²) in [4.78, 5) is 33.2. The van der Waals surface area contributed by atoms with Crippen molar-refractivity contribution in [1.82, 2.24) is 15.8 Å². The molecule has 0 saturated carbocycles. The van der Waals surface area contributed by atoms with Crippen LogP contribution in [-0.4, -0.2) is 36.5 Å². The highest BCUT2D eigenvalue weighted by molar-refractivity contribution is 5.91. The van der Waals surface area contributed by atoms with Gasteiger partial charge in [0.15, 0.2) is 6.29 Å². The third-order valence-electron chi connectivity index (χ3n) is 7.01. The molecule has 2 unspecified atom stereocenters. The molecule has 2 atom stereocenters. The zero-order chi connectivity index (χ0) is 25.6. The predicted molar refractivity (Wildman–Crippen MR) is 141 cm³/mol. The van der Waals surface area contributed by atoms with Crippen molar-refractivity contribution in [2.75, 3.05) is 13.2 Å². The first-order valence-electron chi connectivity index (χ1n) is 12.9. The van der Waals surface area contributed by atoms with Gasteiger partial charge in [0.1, 0.15) is 0 Å². The third kappa shape index (κ3) is 6.21. The zero-order valence-corrected chi connectivity index (χ0v) is 21.0. The van der Waals surface area contributed by atoms with E-state index in [0.29, 0.717) is 19.6 Å². The van der Waals surface area contributed by atoms with Crippen LogP contribution in [0.1, 0.15) is 59.7 Å². The fourth-order valence-electron chi connectivity index (χ4n) is 5.11. The number of aromatic nitrogens is 1. The summed E-state index contributed by atoms with van der Waals surface area (Å²) >= 11 is 0. The molecule has 2 aliphatic rings. The first-order valence-corrected chi connectivity index (χ1v) is 12.9. The number of hydrogen-bond donors (Lipinski definition) is 3. The average molecular weight is 504 g/mol. The summed E-state index contributed by atoms with van der Waals surface area (Å²) in [5, 5.41) is 4.17. The van der Waals surface area contributed by atoms with E-state index in [2.05, 4.69) is 34.0 Å². The summed E-state index contributed by atoms with van der Waals surface area (Å²) in [6.07, 6.45) is 7.58. The number of benzene rings is 2. The van der Waals surface area contributed by atoms with Crippen molar-refractivity contribution >= 4 is 29.0 Å². The van der Waals surface area contributed by atoms with E-state index in [9.17, 15) is 9.59 Å². The van der Waals surface area contributed by atoms with Crippen molar-refractivity contribution in [2.24, 2.45) is 0 Å². The maximum atomic E-state index is 12.5. The van der Waals surface area contributed by atoms with Crippen molar-refractivity contribution in [1.29, 1.82) is 0 Å². The Morgan fingerprint density at radius 1 is 1.16 bits per heavy atom. The second-order valence-corrected chi connectivity index (χ2v) is 9.57. The van der Waals surface area contributed by atoms with Crippen molar-refractivity contribution in [3.05, 3.63) is 76.5 Å². The topological polar surface area (TPSA) is 102 Å². The van der Waals surface area contributed by atoms with Gasteiger partial charge in [-0.3, -0.25) is 4.79 Å². The Morgan fingerprint density at radius 2 is 2.05 bits per heavy atom. The van der Waals surface area contributed by atoms with Crippen LogP contribution < -0.4 is 10.8 Å². The van der Waals surface area contributed by atoms with Crippen molar-refractivity contribution in [2.45, 2.75) is 57.8 Å². The minimum absolute atomic E-state index is 0.0810. The lowest BCUT2D eigenvalue weighted by Gasteiger charge is -2.21. The van der Waals surface area contributed by atoms with Gasteiger partial charge in [0.2, 0.25) is 0 Å². The van der Waals surface area contributed by atoms with Gasteiger partial charge >= 0.3 is 6.09 Å². The van der Waals surface area contributed by atoms with E-state index in [1.165, 1.54) is 17.0 Å². The number of carbonyl (C=O) groups is 2. The fraction of sp³-hybridized carbons (Fsp3) is 0.379. The van der Waals surface area contributed by atoms with Crippen molar-refractivity contribution < 1.29 is 23.9 Å². The quantitative estimate of drug-likeness (QED) is 0.296. The molecule has 0 radical (unpaired) electrons. The monoisotopic (exact) mass is 503 g/mol. The van der Waals surface area contributed by atoms with E-state index < -0.39 is 6.09 Å². The molecule has 2 aromatic carbocycles. The molecule has 5 rings (SSSR count). The summed E-state index contributed by atoms with van der Waals surface area (Å²) in [7, 11) is 0. The molecule has 0 spiro atoms. The number of hydrogen-bond acceptors (Lipinski definition) is 5. The molecule has 3 aromatic rings. The number of alkyl carbamates (subject to hydrolysis) is 1. The van der Waals surface area contributed by atoms with Gasteiger partial charge in [-0.25, -0.2) is 15.1 Å². The number of amides is 2. The van der Waals surface area contributed by atoms with E-state index in [-0.39, 0.29) is 18.2 Å². The minimum atomic E-state index is -0.405. The van der Waals surface area contributed by atoms with E-state index in [1.54, 1.807) is 6.08 Å². The normalized spacial score (nSPS) is 19.2. The summed E-state index contributed by atoms with van der Waals surface area (Å²) in [6, 6.07) is 14.1. The largest absolute Gasteiger partial charge is 0.449 e. The summed E-state index contributed by atoms with van der Waals surface area (Å²) in [5.41, 5.74) is 8.97. The molecule has 1 saturated heterocycles. The number of nitrogens with one attached hydrogen (secondary N) is 3. The van der Waals surface area contributed by atoms with Crippen LogP contribution in [0.15, 0.2) is 48.5 Å². The lowest BCUT2D eigenvalue weighted by atomic mass is 10.0. The van der Waals surface area contributed by atoms with Crippen molar-refractivity contribution in [3.63, 3.8) is 0 Å². The third-order valence-corrected chi connectivity index (χ3v) is 7.01. The smallest absolute Gasteiger partial charge is 0.407 e. The van der Waals surface area contributed by atoms with Crippen LogP contribution >= 0.6 is 0 Å². The lowest BCUT2D eigenvalue weighted by molar-refractivity contribution is -0.198. The van der Waals surface area contributed by atoms with Gasteiger partial charge in [-0.05, 0) is 67.0 Å². The summed E-state index contributed by atoms with van der Waals surface area (Å²) in [5.74, 6) is -0.334. The van der Waals surface area contributed by atoms with E-state index in [0.717, 1.165) is 60.0 Å². The van der Waals surface area contributed by atoms with Crippen LogP contribution in [0.5, 0.6) is 0 Å². The molecule has 0 bridgehead atoms. The van der Waals surface area contributed by atoms with Gasteiger partial charge < -0.3 is 19.8 Å². The Balaban J connectivity index is 1.09. The number of H-pyrrole nitrogens is 1. The van der Waals surface area contributed by atoms with Gasteiger partial charge in [0, 0.05) is 42.1 Å². The van der Waals surface area contributed by atoms with Crippen LogP contribution in [0.4, 0.5) is 4.79 Å². The molecular formula is C29H33N3O5. The molecule has 1 aliphatic heterocycles. The Morgan fingerprint density at radius 3 is 2.92 bits per heavy atom. The Labute approximate surface area is 216 Å². The molecule has 2 amide bonds. The number of carbonyl (C=O) groups excluding carboxylic acids is 2.